The van der Waals surface area contributed by atoms with Crippen molar-refractivity contribution in [2.24, 2.45) is 16.8 Å². The van der Waals surface area contributed by atoms with E-state index in [1.54, 1.807) is 0 Å². The molecule has 3 fully saturated rings. The molecule has 0 aromatic carbocycles. The highest BCUT2D eigenvalue weighted by Gasteiger charge is 2.42. The standard InChI is InChI=1S/C13H22N2S/c1-3-13(2)8-16-12(15-13)14-11(9-4-5-9)10-6-7-10/h9-11H,3-8H2,1-2H3,(H,14,15). The lowest BCUT2D eigenvalue weighted by Gasteiger charge is -2.21. The van der Waals surface area contributed by atoms with Gasteiger partial charge in [-0.2, -0.15) is 0 Å². The van der Waals surface area contributed by atoms with Crippen LogP contribution < -0.4 is 5.32 Å². The molecule has 3 heteroatoms. The molecular weight excluding hydrogens is 216 g/mol. The van der Waals surface area contributed by atoms with Crippen LogP contribution in [0.2, 0.25) is 0 Å². The van der Waals surface area contributed by atoms with Gasteiger partial charge in [-0.25, -0.2) is 0 Å². The molecule has 1 N–H and O–H groups in total. The minimum Gasteiger partial charge on any atom is -0.359 e. The molecule has 3 rings (SSSR count). The van der Waals surface area contributed by atoms with Crippen LogP contribution in [0.5, 0.6) is 0 Å². The number of hydrogen-bond acceptors (Lipinski definition) is 2. The molecular formula is C13H22N2S. The van der Waals surface area contributed by atoms with Crippen LogP contribution in [-0.2, 0) is 0 Å². The molecule has 2 saturated carbocycles. The van der Waals surface area contributed by atoms with E-state index in [0.717, 1.165) is 11.8 Å². The van der Waals surface area contributed by atoms with Gasteiger partial charge >= 0.3 is 0 Å². The Morgan fingerprint density at radius 3 is 2.44 bits per heavy atom. The number of amidine groups is 1. The topological polar surface area (TPSA) is 24.4 Å². The van der Waals surface area contributed by atoms with Gasteiger partial charge in [-0.1, -0.05) is 18.7 Å². The first-order valence-electron chi connectivity index (χ1n) is 6.69. The van der Waals surface area contributed by atoms with Crippen molar-refractivity contribution in [2.45, 2.75) is 57.5 Å². The van der Waals surface area contributed by atoms with E-state index in [-0.39, 0.29) is 0 Å². The second-order valence-corrected chi connectivity index (χ2v) is 6.89. The minimum atomic E-state index is 0.293. The van der Waals surface area contributed by atoms with Gasteiger partial charge in [0.25, 0.3) is 0 Å². The summed E-state index contributed by atoms with van der Waals surface area (Å²) in [6.07, 6.45) is 6.89. The zero-order valence-corrected chi connectivity index (χ0v) is 11.1. The molecule has 3 aliphatic rings. The van der Waals surface area contributed by atoms with E-state index < -0.39 is 0 Å². The van der Waals surface area contributed by atoms with Crippen molar-refractivity contribution < 1.29 is 0 Å². The summed E-state index contributed by atoms with van der Waals surface area (Å²) in [5.41, 5.74) is 0.293. The van der Waals surface area contributed by atoms with Crippen molar-refractivity contribution >= 4 is 16.9 Å². The van der Waals surface area contributed by atoms with Crippen molar-refractivity contribution in [3.63, 3.8) is 0 Å². The highest BCUT2D eigenvalue weighted by atomic mass is 32.2. The van der Waals surface area contributed by atoms with Crippen LogP contribution in [0.1, 0.15) is 46.0 Å². The summed E-state index contributed by atoms with van der Waals surface area (Å²) < 4.78 is 0. The Kier molecular flexibility index (Phi) is 2.69. The average Bonchev–Trinajstić information content (AvgIpc) is 3.15. The molecule has 16 heavy (non-hydrogen) atoms. The third kappa shape index (κ3) is 2.24. The summed E-state index contributed by atoms with van der Waals surface area (Å²) in [5.74, 6) is 3.04. The van der Waals surface area contributed by atoms with E-state index in [1.807, 2.05) is 11.8 Å². The summed E-state index contributed by atoms with van der Waals surface area (Å²) in [6.45, 7) is 4.57. The molecule has 0 amide bonds. The lowest BCUT2D eigenvalue weighted by Crippen LogP contribution is -2.40. The van der Waals surface area contributed by atoms with Crippen molar-refractivity contribution in [3.8, 4) is 0 Å². The van der Waals surface area contributed by atoms with E-state index in [4.69, 9.17) is 4.99 Å². The lowest BCUT2D eigenvalue weighted by molar-refractivity contribution is 0.462. The third-order valence-corrected chi connectivity index (χ3v) is 5.46. The van der Waals surface area contributed by atoms with E-state index >= 15 is 0 Å². The van der Waals surface area contributed by atoms with E-state index in [0.29, 0.717) is 11.6 Å². The van der Waals surface area contributed by atoms with Gasteiger partial charge in [-0.05, 0) is 50.9 Å². The molecule has 90 valence electrons. The first-order valence-corrected chi connectivity index (χ1v) is 7.67. The zero-order chi connectivity index (χ0) is 11.2. The van der Waals surface area contributed by atoms with Gasteiger partial charge in [-0.3, -0.25) is 4.99 Å². The van der Waals surface area contributed by atoms with Gasteiger partial charge < -0.3 is 5.32 Å². The summed E-state index contributed by atoms with van der Waals surface area (Å²) in [4.78, 5) is 5.01. The Balaban J connectivity index is 1.67. The van der Waals surface area contributed by atoms with Crippen LogP contribution >= 0.6 is 11.8 Å². The monoisotopic (exact) mass is 238 g/mol. The molecule has 1 heterocycles. The molecule has 0 spiro atoms. The van der Waals surface area contributed by atoms with Crippen LogP contribution in [0.4, 0.5) is 0 Å². The molecule has 2 nitrogen and oxygen atoms in total. The molecule has 2 aliphatic carbocycles. The Morgan fingerprint density at radius 2 is 2.00 bits per heavy atom. The molecule has 1 unspecified atom stereocenters. The Morgan fingerprint density at radius 1 is 1.38 bits per heavy atom. The molecule has 1 atom stereocenters. The number of thioether (sulfide) groups is 1. The smallest absolute Gasteiger partial charge is 0.157 e. The number of rotatable bonds is 4. The average molecular weight is 238 g/mol. The minimum absolute atomic E-state index is 0.293. The van der Waals surface area contributed by atoms with Gasteiger partial charge in [0.2, 0.25) is 0 Å². The number of nitrogens with one attached hydrogen (secondary N) is 1. The fourth-order valence-electron chi connectivity index (χ4n) is 2.42. The Labute approximate surface area is 103 Å². The van der Waals surface area contributed by atoms with Crippen LogP contribution in [0.3, 0.4) is 0 Å². The molecule has 0 radical (unpaired) electrons. The SMILES string of the molecule is CCC1(C)CSC(=NC(C2CC2)C2CC2)N1. The van der Waals surface area contributed by atoms with Gasteiger partial charge in [0.05, 0.1) is 6.04 Å². The van der Waals surface area contributed by atoms with Gasteiger partial charge in [0.15, 0.2) is 5.17 Å². The highest BCUT2D eigenvalue weighted by Crippen LogP contribution is 2.46. The zero-order valence-electron chi connectivity index (χ0n) is 10.3. The fraction of sp³-hybridized carbons (Fsp3) is 0.923. The van der Waals surface area contributed by atoms with Crippen molar-refractivity contribution in [3.05, 3.63) is 0 Å². The molecule has 0 bridgehead atoms. The summed E-state index contributed by atoms with van der Waals surface area (Å²) in [5, 5.41) is 4.86. The largest absolute Gasteiger partial charge is 0.359 e. The second-order valence-electron chi connectivity index (χ2n) is 5.93. The maximum absolute atomic E-state index is 5.01. The van der Waals surface area contributed by atoms with Gasteiger partial charge in [0.1, 0.15) is 0 Å². The van der Waals surface area contributed by atoms with Crippen LogP contribution in [-0.4, -0.2) is 22.5 Å². The Bertz CT molecular complexity index is 295. The van der Waals surface area contributed by atoms with Crippen molar-refractivity contribution in [1.29, 1.82) is 0 Å². The van der Waals surface area contributed by atoms with Crippen molar-refractivity contribution in [1.82, 2.24) is 5.32 Å². The highest BCUT2D eigenvalue weighted by molar-refractivity contribution is 8.14. The van der Waals surface area contributed by atoms with E-state index in [2.05, 4.69) is 19.2 Å². The Hall–Kier alpha value is -0.180. The van der Waals surface area contributed by atoms with Crippen LogP contribution in [0.15, 0.2) is 4.99 Å². The number of nitrogens with zero attached hydrogens (tertiary/aromatic N) is 1. The summed E-state index contributed by atoms with van der Waals surface area (Å²) >= 11 is 1.93. The predicted octanol–water partition coefficient (Wildman–Crippen LogP) is 3.04. The fourth-order valence-corrected chi connectivity index (χ4v) is 3.67. The maximum Gasteiger partial charge on any atom is 0.157 e. The molecule has 0 aromatic rings. The van der Waals surface area contributed by atoms with Gasteiger partial charge in [0, 0.05) is 11.3 Å². The molecule has 1 saturated heterocycles. The maximum atomic E-state index is 5.01. The lowest BCUT2D eigenvalue weighted by atomic mass is 10.0. The quantitative estimate of drug-likeness (QED) is 0.814. The van der Waals surface area contributed by atoms with Crippen LogP contribution in [0.25, 0.3) is 0 Å². The number of aliphatic imine (C=N–C) groups is 1. The first-order chi connectivity index (χ1) is 7.70. The number of hydrogen-bond donors (Lipinski definition) is 1. The van der Waals surface area contributed by atoms with Crippen molar-refractivity contribution in [2.75, 3.05) is 5.75 Å². The normalized spacial score (nSPS) is 37.1. The van der Waals surface area contributed by atoms with Gasteiger partial charge in [-0.15, -0.1) is 0 Å². The summed E-state index contributed by atoms with van der Waals surface area (Å²) in [6, 6.07) is 0.661. The van der Waals surface area contributed by atoms with E-state index in [9.17, 15) is 0 Å². The molecule has 0 aromatic heterocycles. The third-order valence-electron chi connectivity index (χ3n) is 4.19. The predicted molar refractivity (Wildman–Crippen MR) is 71.0 cm³/mol. The molecule has 1 aliphatic heterocycles. The summed E-state index contributed by atoms with van der Waals surface area (Å²) in [7, 11) is 0. The van der Waals surface area contributed by atoms with Crippen LogP contribution in [0, 0.1) is 11.8 Å². The first kappa shape index (κ1) is 10.9. The van der Waals surface area contributed by atoms with E-state index in [1.165, 1.54) is 43.0 Å². The second kappa shape index (κ2) is 3.94.